The van der Waals surface area contributed by atoms with Crippen LogP contribution < -0.4 is 9.64 Å². The predicted molar refractivity (Wildman–Crippen MR) is 98.1 cm³/mol. The van der Waals surface area contributed by atoms with E-state index in [2.05, 4.69) is 28.1 Å². The first kappa shape index (κ1) is 13.5. The first-order valence-electron chi connectivity index (χ1n) is 7.74. The molecule has 0 atom stereocenters. The molecule has 0 spiro atoms. The lowest BCUT2D eigenvalue weighted by molar-refractivity contribution is 0.482. The van der Waals surface area contributed by atoms with Gasteiger partial charge in [0.15, 0.2) is 17.3 Å². The highest BCUT2D eigenvalue weighted by Gasteiger charge is 2.29. The number of aromatic nitrogens is 1. The number of H-pyrrole nitrogens is 1. The molecule has 0 unspecified atom stereocenters. The number of nitrogens with zero attached hydrogens (tertiary/aromatic N) is 1. The Morgan fingerprint density at radius 3 is 2.46 bits per heavy atom. The average Bonchev–Trinajstić information content (AvgIpc) is 2.99. The van der Waals surface area contributed by atoms with Crippen LogP contribution in [0, 0.1) is 0 Å². The molecule has 5 rings (SSSR count). The van der Waals surface area contributed by atoms with E-state index in [1.54, 1.807) is 0 Å². The molecule has 0 bridgehead atoms. The lowest BCUT2D eigenvalue weighted by atomic mass is 10.1. The number of para-hydroxylation sites is 3. The van der Waals surface area contributed by atoms with Crippen molar-refractivity contribution in [2.24, 2.45) is 0 Å². The SMILES string of the molecule is Clc1ccc(N2c3ccccc3Oc3c2[nH]c2ccccc32)cc1. The van der Waals surface area contributed by atoms with Gasteiger partial charge in [0.25, 0.3) is 0 Å². The number of nitrogens with one attached hydrogen (secondary N) is 1. The van der Waals surface area contributed by atoms with E-state index in [0.29, 0.717) is 0 Å². The quantitative estimate of drug-likeness (QED) is 0.385. The molecule has 0 saturated carbocycles. The maximum atomic E-state index is 6.21. The van der Waals surface area contributed by atoms with Crippen LogP contribution in [0.1, 0.15) is 0 Å². The lowest BCUT2D eigenvalue weighted by Crippen LogP contribution is -2.15. The van der Waals surface area contributed by atoms with Crippen LogP contribution in [0.25, 0.3) is 10.9 Å². The Bertz CT molecular complexity index is 1050. The van der Waals surface area contributed by atoms with Crippen molar-refractivity contribution < 1.29 is 4.74 Å². The van der Waals surface area contributed by atoms with E-state index in [0.717, 1.165) is 44.6 Å². The summed E-state index contributed by atoms with van der Waals surface area (Å²) in [5, 5.41) is 1.79. The van der Waals surface area contributed by atoms with Crippen molar-refractivity contribution in [3.63, 3.8) is 0 Å². The minimum Gasteiger partial charge on any atom is -0.451 e. The zero-order chi connectivity index (χ0) is 16.1. The molecule has 116 valence electrons. The fourth-order valence-corrected chi connectivity index (χ4v) is 3.31. The lowest BCUT2D eigenvalue weighted by Gasteiger charge is -2.30. The Hall–Kier alpha value is -2.91. The van der Waals surface area contributed by atoms with Crippen molar-refractivity contribution in [1.82, 2.24) is 4.98 Å². The van der Waals surface area contributed by atoms with E-state index in [9.17, 15) is 0 Å². The maximum absolute atomic E-state index is 6.21. The van der Waals surface area contributed by atoms with E-state index >= 15 is 0 Å². The number of hydrogen-bond donors (Lipinski definition) is 1. The molecule has 0 fully saturated rings. The molecule has 1 aromatic heterocycles. The van der Waals surface area contributed by atoms with Crippen LogP contribution in [-0.2, 0) is 0 Å². The van der Waals surface area contributed by atoms with Gasteiger partial charge in [-0.1, -0.05) is 35.9 Å². The summed E-state index contributed by atoms with van der Waals surface area (Å²) in [6.45, 7) is 0. The molecule has 4 heteroatoms. The molecule has 0 saturated heterocycles. The van der Waals surface area contributed by atoms with Crippen molar-refractivity contribution in [3.05, 3.63) is 77.8 Å². The van der Waals surface area contributed by atoms with Gasteiger partial charge in [-0.25, -0.2) is 0 Å². The molecular weight excluding hydrogens is 320 g/mol. The fourth-order valence-electron chi connectivity index (χ4n) is 3.18. The zero-order valence-corrected chi connectivity index (χ0v) is 13.4. The third kappa shape index (κ3) is 1.92. The van der Waals surface area contributed by atoms with Gasteiger partial charge in [-0.2, -0.15) is 0 Å². The van der Waals surface area contributed by atoms with E-state index in [-0.39, 0.29) is 0 Å². The number of rotatable bonds is 1. The molecular formula is C20H13ClN2O. The first-order chi connectivity index (χ1) is 11.8. The molecule has 0 radical (unpaired) electrons. The standard InChI is InChI=1S/C20H13ClN2O/c21-13-9-11-14(12-10-13)23-17-7-3-4-8-18(17)24-19-15-5-1-2-6-16(15)22-20(19)23/h1-12,22H. The summed E-state index contributed by atoms with van der Waals surface area (Å²) in [5.74, 6) is 2.61. The number of fused-ring (bicyclic) bond motifs is 4. The summed E-state index contributed by atoms with van der Waals surface area (Å²) < 4.78 is 6.21. The second kappa shape index (κ2) is 5.05. The fraction of sp³-hybridized carbons (Fsp3) is 0. The van der Waals surface area contributed by atoms with Gasteiger partial charge in [0, 0.05) is 16.1 Å². The third-order valence-electron chi connectivity index (χ3n) is 4.27. The van der Waals surface area contributed by atoms with Crippen LogP contribution in [0.4, 0.5) is 17.2 Å². The minimum atomic E-state index is 0.720. The van der Waals surface area contributed by atoms with E-state index in [4.69, 9.17) is 16.3 Å². The van der Waals surface area contributed by atoms with Crippen LogP contribution in [0.3, 0.4) is 0 Å². The van der Waals surface area contributed by atoms with Gasteiger partial charge >= 0.3 is 0 Å². The predicted octanol–water partition coefficient (Wildman–Crippen LogP) is 6.40. The molecule has 0 amide bonds. The van der Waals surface area contributed by atoms with E-state index in [1.807, 2.05) is 54.6 Å². The van der Waals surface area contributed by atoms with Gasteiger partial charge in [0.1, 0.15) is 0 Å². The average molecular weight is 333 g/mol. The van der Waals surface area contributed by atoms with Gasteiger partial charge in [0.2, 0.25) is 0 Å². The number of benzene rings is 3. The van der Waals surface area contributed by atoms with Crippen LogP contribution >= 0.6 is 11.6 Å². The normalized spacial score (nSPS) is 12.6. The molecule has 2 heterocycles. The summed E-state index contributed by atoms with van der Waals surface area (Å²) in [5.41, 5.74) is 3.08. The van der Waals surface area contributed by atoms with Gasteiger partial charge in [-0.3, -0.25) is 4.90 Å². The van der Waals surface area contributed by atoms with E-state index < -0.39 is 0 Å². The molecule has 1 N–H and O–H groups in total. The van der Waals surface area contributed by atoms with Gasteiger partial charge in [0.05, 0.1) is 11.2 Å². The Morgan fingerprint density at radius 1 is 0.833 bits per heavy atom. The van der Waals surface area contributed by atoms with Crippen LogP contribution in [-0.4, -0.2) is 4.98 Å². The molecule has 1 aliphatic heterocycles. The van der Waals surface area contributed by atoms with Crippen molar-refractivity contribution in [2.75, 3.05) is 4.90 Å². The molecule has 3 nitrogen and oxygen atoms in total. The summed E-state index contributed by atoms with van der Waals surface area (Å²) in [6.07, 6.45) is 0. The Morgan fingerprint density at radius 2 is 1.58 bits per heavy atom. The van der Waals surface area contributed by atoms with Gasteiger partial charge in [-0.15, -0.1) is 0 Å². The maximum Gasteiger partial charge on any atom is 0.178 e. The van der Waals surface area contributed by atoms with Crippen molar-refractivity contribution in [1.29, 1.82) is 0 Å². The van der Waals surface area contributed by atoms with Gasteiger partial charge < -0.3 is 9.72 Å². The molecule has 24 heavy (non-hydrogen) atoms. The van der Waals surface area contributed by atoms with Crippen molar-refractivity contribution in [2.45, 2.75) is 0 Å². The topological polar surface area (TPSA) is 28.3 Å². The monoisotopic (exact) mass is 332 g/mol. The summed E-state index contributed by atoms with van der Waals surface area (Å²) in [6, 6.07) is 24.0. The first-order valence-corrected chi connectivity index (χ1v) is 8.12. The number of anilines is 3. The van der Waals surface area contributed by atoms with Crippen LogP contribution in [0.15, 0.2) is 72.8 Å². The highest BCUT2D eigenvalue weighted by Crippen LogP contribution is 2.52. The third-order valence-corrected chi connectivity index (χ3v) is 4.52. The molecule has 3 aromatic carbocycles. The number of ether oxygens (including phenoxy) is 1. The van der Waals surface area contributed by atoms with Crippen molar-refractivity contribution >= 4 is 39.7 Å². The Kier molecular flexibility index (Phi) is 2.84. The van der Waals surface area contributed by atoms with Crippen LogP contribution in [0.2, 0.25) is 5.02 Å². The molecule has 1 aliphatic rings. The highest BCUT2D eigenvalue weighted by atomic mass is 35.5. The van der Waals surface area contributed by atoms with Gasteiger partial charge in [-0.05, 0) is 48.5 Å². The van der Waals surface area contributed by atoms with Crippen molar-refractivity contribution in [3.8, 4) is 11.5 Å². The number of halogens is 1. The molecule has 0 aliphatic carbocycles. The smallest absolute Gasteiger partial charge is 0.178 e. The second-order valence-electron chi connectivity index (χ2n) is 5.73. The van der Waals surface area contributed by atoms with E-state index in [1.165, 1.54) is 0 Å². The van der Waals surface area contributed by atoms with Crippen LogP contribution in [0.5, 0.6) is 11.5 Å². The molecule has 4 aromatic rings. The Balaban J connectivity index is 1.81. The number of hydrogen-bond acceptors (Lipinski definition) is 2. The Labute approximate surface area is 144 Å². The summed E-state index contributed by atoms with van der Waals surface area (Å²) in [4.78, 5) is 5.66. The summed E-state index contributed by atoms with van der Waals surface area (Å²) in [7, 11) is 0. The second-order valence-corrected chi connectivity index (χ2v) is 6.17. The number of aromatic amines is 1. The zero-order valence-electron chi connectivity index (χ0n) is 12.7. The summed E-state index contributed by atoms with van der Waals surface area (Å²) >= 11 is 6.06. The highest BCUT2D eigenvalue weighted by molar-refractivity contribution is 6.30. The minimum absolute atomic E-state index is 0.720. The largest absolute Gasteiger partial charge is 0.451 e.